The van der Waals surface area contributed by atoms with Gasteiger partial charge in [-0.1, -0.05) is 35.9 Å². The van der Waals surface area contributed by atoms with Gasteiger partial charge in [-0.3, -0.25) is 9.10 Å². The highest BCUT2D eigenvalue weighted by Crippen LogP contribution is 2.24. The average Bonchev–Trinajstić information content (AvgIpc) is 2.70. The third kappa shape index (κ3) is 5.66. The van der Waals surface area contributed by atoms with Crippen LogP contribution in [0.3, 0.4) is 0 Å². The van der Waals surface area contributed by atoms with E-state index in [-0.39, 0.29) is 12.5 Å². The van der Waals surface area contributed by atoms with E-state index in [9.17, 15) is 13.2 Å². The first kappa shape index (κ1) is 22.8. The molecule has 0 aliphatic carbocycles. The Morgan fingerprint density at radius 1 is 0.903 bits per heavy atom. The molecule has 3 aromatic carbocycles. The second-order valence-electron chi connectivity index (χ2n) is 7.65. The molecule has 0 fully saturated rings. The number of halogens is 1. The largest absolute Gasteiger partial charge is 0.322 e. The number of anilines is 2. The van der Waals surface area contributed by atoms with Gasteiger partial charge >= 0.3 is 0 Å². The molecule has 1 N–H and O–H groups in total. The Morgan fingerprint density at radius 3 is 2.16 bits per heavy atom. The molecule has 0 aromatic heterocycles. The number of carbonyl (C=O) groups is 1. The highest BCUT2D eigenvalue weighted by molar-refractivity contribution is 7.92. The zero-order valence-corrected chi connectivity index (χ0v) is 19.5. The number of hydrogen-bond acceptors (Lipinski definition) is 3. The van der Waals surface area contributed by atoms with Crippen LogP contribution in [0, 0.1) is 20.8 Å². The van der Waals surface area contributed by atoms with Crippen molar-refractivity contribution in [3.8, 4) is 0 Å². The first-order chi connectivity index (χ1) is 14.5. The van der Waals surface area contributed by atoms with E-state index in [1.165, 1.54) is 10.6 Å². The van der Waals surface area contributed by atoms with Crippen molar-refractivity contribution in [2.45, 2.75) is 27.3 Å². The Morgan fingerprint density at radius 2 is 1.55 bits per heavy atom. The molecular formula is C24H25ClN2O3S. The number of benzene rings is 3. The molecule has 3 rings (SSSR count). The number of carbonyl (C=O) groups excluding carboxylic acids is 1. The van der Waals surface area contributed by atoms with Crippen LogP contribution in [-0.2, 0) is 16.6 Å². The third-order valence-electron chi connectivity index (χ3n) is 5.17. The lowest BCUT2D eigenvalue weighted by molar-refractivity contribution is 0.102. The van der Waals surface area contributed by atoms with E-state index in [0.717, 1.165) is 22.3 Å². The van der Waals surface area contributed by atoms with Crippen molar-refractivity contribution in [2.24, 2.45) is 0 Å². The molecule has 0 saturated carbocycles. The lowest BCUT2D eigenvalue weighted by Gasteiger charge is -2.23. The summed E-state index contributed by atoms with van der Waals surface area (Å²) in [5.74, 6) is -0.258. The maximum absolute atomic E-state index is 12.6. The lowest BCUT2D eigenvalue weighted by Crippen LogP contribution is -2.29. The molecule has 3 aromatic rings. The molecule has 5 nitrogen and oxygen atoms in total. The van der Waals surface area contributed by atoms with Crippen molar-refractivity contribution in [3.05, 3.63) is 93.5 Å². The van der Waals surface area contributed by atoms with E-state index in [4.69, 9.17) is 11.6 Å². The van der Waals surface area contributed by atoms with Gasteiger partial charge in [0.1, 0.15) is 0 Å². The molecule has 0 atom stereocenters. The highest BCUT2D eigenvalue weighted by Gasteiger charge is 2.19. The number of aryl methyl sites for hydroxylation is 3. The van der Waals surface area contributed by atoms with E-state index in [1.807, 2.05) is 39.0 Å². The number of rotatable bonds is 6. The normalized spacial score (nSPS) is 11.3. The summed E-state index contributed by atoms with van der Waals surface area (Å²) in [4.78, 5) is 12.6. The Kier molecular flexibility index (Phi) is 6.72. The van der Waals surface area contributed by atoms with E-state index in [0.29, 0.717) is 22.0 Å². The number of hydrogen-bond donors (Lipinski definition) is 1. The lowest BCUT2D eigenvalue weighted by atomic mass is 10.1. The van der Waals surface area contributed by atoms with Gasteiger partial charge in [-0.15, -0.1) is 0 Å². The standard InChI is InChI=1S/C24H25ClN2O3S/c1-16-6-12-22(13-18(16)3)27(31(4,29)30)15-19-7-9-20(10-8-19)24(28)26-23-14-21(25)11-5-17(23)2/h5-14H,15H2,1-4H3,(H,26,28). The fourth-order valence-corrected chi connectivity index (χ4v) is 4.18. The van der Waals surface area contributed by atoms with Gasteiger partial charge in [0.2, 0.25) is 10.0 Å². The topological polar surface area (TPSA) is 66.5 Å². The summed E-state index contributed by atoms with van der Waals surface area (Å²) in [6.07, 6.45) is 1.19. The van der Waals surface area contributed by atoms with Crippen molar-refractivity contribution in [2.75, 3.05) is 15.9 Å². The van der Waals surface area contributed by atoms with Crippen molar-refractivity contribution < 1.29 is 13.2 Å². The predicted molar refractivity (Wildman–Crippen MR) is 128 cm³/mol. The Labute approximate surface area is 188 Å². The van der Waals surface area contributed by atoms with Gasteiger partial charge in [0.25, 0.3) is 5.91 Å². The van der Waals surface area contributed by atoms with Crippen molar-refractivity contribution in [1.29, 1.82) is 0 Å². The van der Waals surface area contributed by atoms with Gasteiger partial charge in [-0.2, -0.15) is 0 Å². The van der Waals surface area contributed by atoms with E-state index in [2.05, 4.69) is 5.32 Å². The van der Waals surface area contributed by atoms with Crippen LogP contribution in [0.25, 0.3) is 0 Å². The monoisotopic (exact) mass is 456 g/mol. The van der Waals surface area contributed by atoms with Gasteiger partial charge in [-0.25, -0.2) is 8.42 Å². The summed E-state index contributed by atoms with van der Waals surface area (Å²) in [6, 6.07) is 17.8. The molecule has 0 radical (unpaired) electrons. The molecule has 31 heavy (non-hydrogen) atoms. The molecule has 0 aliphatic heterocycles. The van der Waals surface area contributed by atoms with Crippen molar-refractivity contribution in [1.82, 2.24) is 0 Å². The van der Waals surface area contributed by atoms with Gasteiger partial charge in [-0.05, 0) is 79.4 Å². The Balaban J connectivity index is 1.80. The van der Waals surface area contributed by atoms with Gasteiger partial charge in [0.05, 0.1) is 18.5 Å². The second kappa shape index (κ2) is 9.12. The zero-order valence-electron chi connectivity index (χ0n) is 17.9. The molecule has 0 bridgehead atoms. The Bertz CT molecular complexity index is 1220. The first-order valence-corrected chi connectivity index (χ1v) is 12.0. The van der Waals surface area contributed by atoms with Crippen LogP contribution in [0.1, 0.15) is 32.6 Å². The Hall–Kier alpha value is -2.83. The second-order valence-corrected chi connectivity index (χ2v) is 9.99. The van der Waals surface area contributed by atoms with Crippen molar-refractivity contribution in [3.63, 3.8) is 0 Å². The SMILES string of the molecule is Cc1ccc(N(Cc2ccc(C(=O)Nc3cc(Cl)ccc3C)cc2)S(C)(=O)=O)cc1C. The molecule has 0 heterocycles. The van der Waals surface area contributed by atoms with Crippen LogP contribution in [0.2, 0.25) is 5.02 Å². The highest BCUT2D eigenvalue weighted by atomic mass is 35.5. The summed E-state index contributed by atoms with van der Waals surface area (Å²) in [5.41, 5.74) is 5.55. The van der Waals surface area contributed by atoms with Gasteiger partial charge in [0, 0.05) is 16.3 Å². The minimum absolute atomic E-state index is 0.177. The maximum Gasteiger partial charge on any atom is 0.255 e. The molecule has 7 heteroatoms. The minimum Gasteiger partial charge on any atom is -0.322 e. The number of nitrogens with zero attached hydrogens (tertiary/aromatic N) is 1. The fourth-order valence-electron chi connectivity index (χ4n) is 3.13. The minimum atomic E-state index is -3.48. The van der Waals surface area contributed by atoms with Crippen LogP contribution in [0.4, 0.5) is 11.4 Å². The number of nitrogens with one attached hydrogen (secondary N) is 1. The molecule has 0 saturated heterocycles. The predicted octanol–water partition coefficient (Wildman–Crippen LogP) is 5.48. The summed E-state index contributed by atoms with van der Waals surface area (Å²) in [5, 5.41) is 3.40. The van der Waals surface area contributed by atoms with Crippen LogP contribution in [0.5, 0.6) is 0 Å². The fraction of sp³-hybridized carbons (Fsp3) is 0.208. The van der Waals surface area contributed by atoms with E-state index < -0.39 is 10.0 Å². The maximum atomic E-state index is 12.6. The van der Waals surface area contributed by atoms with Crippen molar-refractivity contribution >= 4 is 38.9 Å². The van der Waals surface area contributed by atoms with Gasteiger partial charge < -0.3 is 5.32 Å². The average molecular weight is 457 g/mol. The molecule has 0 spiro atoms. The molecule has 162 valence electrons. The number of sulfonamides is 1. The van der Waals surface area contributed by atoms with E-state index in [1.54, 1.807) is 42.5 Å². The van der Waals surface area contributed by atoms with Gasteiger partial charge in [0.15, 0.2) is 0 Å². The quantitative estimate of drug-likeness (QED) is 0.533. The van der Waals surface area contributed by atoms with E-state index >= 15 is 0 Å². The smallest absolute Gasteiger partial charge is 0.255 e. The first-order valence-electron chi connectivity index (χ1n) is 9.76. The van der Waals surface area contributed by atoms with Crippen LogP contribution in [0.15, 0.2) is 60.7 Å². The summed E-state index contributed by atoms with van der Waals surface area (Å²) in [7, 11) is -3.48. The summed E-state index contributed by atoms with van der Waals surface area (Å²) < 4.78 is 26.2. The van der Waals surface area contributed by atoms with Crippen LogP contribution >= 0.6 is 11.6 Å². The zero-order chi connectivity index (χ0) is 22.8. The van der Waals surface area contributed by atoms with Crippen LogP contribution in [-0.4, -0.2) is 20.6 Å². The third-order valence-corrected chi connectivity index (χ3v) is 6.54. The molecular weight excluding hydrogens is 432 g/mol. The summed E-state index contributed by atoms with van der Waals surface area (Å²) in [6.45, 7) is 6.01. The molecule has 0 aliphatic rings. The molecule has 1 amide bonds. The van der Waals surface area contributed by atoms with Crippen LogP contribution < -0.4 is 9.62 Å². The molecule has 0 unspecified atom stereocenters. The summed E-state index contributed by atoms with van der Waals surface area (Å²) >= 11 is 6.02. The number of amides is 1.